The predicted molar refractivity (Wildman–Crippen MR) is 114 cm³/mol. The molecule has 0 aliphatic carbocycles. The van der Waals surface area contributed by atoms with Crippen molar-refractivity contribution in [3.63, 3.8) is 0 Å². The summed E-state index contributed by atoms with van der Waals surface area (Å²) in [5.74, 6) is -1.42. The Kier molecular flexibility index (Phi) is 5.63. The SMILES string of the molecule is COc1ccc(-n2nc3c(c2NC(=O)C(=O)N2CCN(C(C)=O)CC2)CS(=O)(=O)C3)cc1. The average Bonchev–Trinajstić information content (AvgIpc) is 3.25. The monoisotopic (exact) mass is 461 g/mol. The van der Waals surface area contributed by atoms with Crippen LogP contribution in [0, 0.1) is 0 Å². The highest BCUT2D eigenvalue weighted by atomic mass is 32.2. The van der Waals surface area contributed by atoms with E-state index < -0.39 is 21.7 Å². The molecule has 170 valence electrons. The molecule has 2 aliphatic heterocycles. The van der Waals surface area contributed by atoms with Gasteiger partial charge in [0.25, 0.3) is 0 Å². The number of ether oxygens (including phenoxy) is 1. The number of fused-ring (bicyclic) bond motifs is 1. The van der Waals surface area contributed by atoms with E-state index in [-0.39, 0.29) is 36.3 Å². The Labute approximate surface area is 184 Å². The summed E-state index contributed by atoms with van der Waals surface area (Å²) >= 11 is 0. The van der Waals surface area contributed by atoms with Crippen molar-refractivity contribution < 1.29 is 27.5 Å². The number of anilines is 1. The van der Waals surface area contributed by atoms with Gasteiger partial charge in [-0.2, -0.15) is 5.10 Å². The van der Waals surface area contributed by atoms with Gasteiger partial charge in [-0.1, -0.05) is 0 Å². The Morgan fingerprint density at radius 3 is 2.22 bits per heavy atom. The molecule has 12 heteroatoms. The molecule has 0 bridgehead atoms. The van der Waals surface area contributed by atoms with Crippen molar-refractivity contribution in [1.29, 1.82) is 0 Å². The van der Waals surface area contributed by atoms with Gasteiger partial charge in [-0.05, 0) is 24.3 Å². The van der Waals surface area contributed by atoms with Crippen LogP contribution < -0.4 is 10.1 Å². The molecule has 11 nitrogen and oxygen atoms in total. The molecule has 0 atom stereocenters. The van der Waals surface area contributed by atoms with Crippen LogP contribution >= 0.6 is 0 Å². The topological polar surface area (TPSA) is 131 Å². The molecule has 3 amide bonds. The zero-order chi connectivity index (χ0) is 23.0. The van der Waals surface area contributed by atoms with Crippen molar-refractivity contribution in [2.45, 2.75) is 18.4 Å². The second kappa shape index (κ2) is 8.26. The summed E-state index contributed by atoms with van der Waals surface area (Å²) in [6, 6.07) is 6.86. The summed E-state index contributed by atoms with van der Waals surface area (Å²) in [7, 11) is -1.83. The van der Waals surface area contributed by atoms with Crippen LogP contribution in [0.25, 0.3) is 5.69 Å². The Balaban J connectivity index is 1.59. The fraction of sp³-hybridized carbons (Fsp3) is 0.400. The van der Waals surface area contributed by atoms with E-state index in [2.05, 4.69) is 10.4 Å². The summed E-state index contributed by atoms with van der Waals surface area (Å²) < 4.78 is 30.8. The van der Waals surface area contributed by atoms with Gasteiger partial charge in [0.05, 0.1) is 30.0 Å². The van der Waals surface area contributed by atoms with Gasteiger partial charge in [0.2, 0.25) is 5.91 Å². The van der Waals surface area contributed by atoms with Crippen molar-refractivity contribution in [2.75, 3.05) is 38.6 Å². The second-order valence-corrected chi connectivity index (χ2v) is 9.73. The summed E-state index contributed by atoms with van der Waals surface area (Å²) in [4.78, 5) is 39.9. The zero-order valence-corrected chi connectivity index (χ0v) is 18.5. The summed E-state index contributed by atoms with van der Waals surface area (Å²) in [6.45, 7) is 2.66. The number of carbonyl (C=O) groups excluding carboxylic acids is 3. The smallest absolute Gasteiger partial charge is 0.315 e. The molecule has 1 N–H and O–H groups in total. The van der Waals surface area contributed by atoms with Crippen LogP contribution in [0.1, 0.15) is 18.2 Å². The van der Waals surface area contributed by atoms with Gasteiger partial charge >= 0.3 is 11.8 Å². The minimum absolute atomic E-state index is 0.0817. The zero-order valence-electron chi connectivity index (χ0n) is 17.7. The number of benzene rings is 1. The van der Waals surface area contributed by atoms with E-state index >= 15 is 0 Å². The lowest BCUT2D eigenvalue weighted by Crippen LogP contribution is -2.52. The molecule has 3 heterocycles. The van der Waals surface area contributed by atoms with Crippen LogP contribution in [0.5, 0.6) is 5.75 Å². The Morgan fingerprint density at radius 1 is 1.00 bits per heavy atom. The van der Waals surface area contributed by atoms with E-state index in [4.69, 9.17) is 4.74 Å². The maximum absolute atomic E-state index is 12.8. The van der Waals surface area contributed by atoms with E-state index in [9.17, 15) is 22.8 Å². The minimum atomic E-state index is -3.36. The third-order valence-corrected chi connectivity index (χ3v) is 6.98. The molecule has 1 fully saturated rings. The Morgan fingerprint density at radius 2 is 1.62 bits per heavy atom. The molecule has 0 unspecified atom stereocenters. The number of piperazine rings is 1. The first-order chi connectivity index (χ1) is 15.2. The van der Waals surface area contributed by atoms with Crippen LogP contribution in [-0.2, 0) is 35.7 Å². The van der Waals surface area contributed by atoms with E-state index in [1.807, 2.05) is 0 Å². The van der Waals surface area contributed by atoms with Crippen molar-refractivity contribution in [1.82, 2.24) is 19.6 Å². The summed E-state index contributed by atoms with van der Waals surface area (Å²) in [5, 5.41) is 6.96. The van der Waals surface area contributed by atoms with E-state index in [1.54, 1.807) is 29.2 Å². The molecule has 0 spiro atoms. The van der Waals surface area contributed by atoms with Gasteiger partial charge in [-0.15, -0.1) is 0 Å². The molecule has 1 aromatic carbocycles. The highest BCUT2D eigenvalue weighted by Gasteiger charge is 2.35. The maximum Gasteiger partial charge on any atom is 0.315 e. The first kappa shape index (κ1) is 21.8. The molecule has 0 saturated carbocycles. The van der Waals surface area contributed by atoms with Gasteiger partial charge in [-0.3, -0.25) is 14.4 Å². The highest BCUT2D eigenvalue weighted by Crippen LogP contribution is 2.33. The van der Waals surface area contributed by atoms with Crippen LogP contribution in [0.4, 0.5) is 5.82 Å². The molecule has 1 saturated heterocycles. The second-order valence-electron chi connectivity index (χ2n) is 7.67. The standard InChI is InChI=1S/C20H23N5O6S/c1-13(26)23-7-9-24(10-8-23)20(28)19(27)21-18-16-11-32(29,30)12-17(16)22-25(18)14-3-5-15(31-2)6-4-14/h3-6H,7-12H2,1-2H3,(H,21,27). The van der Waals surface area contributed by atoms with Gasteiger partial charge in [0, 0.05) is 38.7 Å². The van der Waals surface area contributed by atoms with E-state index in [1.165, 1.54) is 23.6 Å². The van der Waals surface area contributed by atoms with Crippen molar-refractivity contribution >= 4 is 33.4 Å². The van der Waals surface area contributed by atoms with Crippen LogP contribution in [0.15, 0.2) is 24.3 Å². The van der Waals surface area contributed by atoms with Crippen LogP contribution in [0.3, 0.4) is 0 Å². The lowest BCUT2D eigenvalue weighted by atomic mass is 10.2. The van der Waals surface area contributed by atoms with Crippen LogP contribution in [-0.4, -0.2) is 79.0 Å². The molecule has 1 aromatic heterocycles. The quantitative estimate of drug-likeness (QED) is 0.634. The molecule has 32 heavy (non-hydrogen) atoms. The average molecular weight is 462 g/mol. The molecule has 0 radical (unpaired) electrons. The number of hydrogen-bond acceptors (Lipinski definition) is 7. The largest absolute Gasteiger partial charge is 0.497 e. The van der Waals surface area contributed by atoms with E-state index in [0.717, 1.165) is 0 Å². The Bertz CT molecular complexity index is 1180. The van der Waals surface area contributed by atoms with Gasteiger partial charge < -0.3 is 19.9 Å². The molecule has 4 rings (SSSR count). The lowest BCUT2D eigenvalue weighted by molar-refractivity contribution is -0.145. The van der Waals surface area contributed by atoms with Crippen molar-refractivity contribution in [3.8, 4) is 11.4 Å². The lowest BCUT2D eigenvalue weighted by Gasteiger charge is -2.33. The number of aromatic nitrogens is 2. The van der Waals surface area contributed by atoms with Gasteiger partial charge in [0.15, 0.2) is 9.84 Å². The van der Waals surface area contributed by atoms with Gasteiger partial charge in [-0.25, -0.2) is 13.1 Å². The highest BCUT2D eigenvalue weighted by molar-refractivity contribution is 7.90. The number of rotatable bonds is 3. The molecule has 2 aromatic rings. The number of sulfone groups is 1. The summed E-state index contributed by atoms with van der Waals surface area (Å²) in [5.41, 5.74) is 1.30. The first-order valence-electron chi connectivity index (χ1n) is 10.00. The number of nitrogens with zero attached hydrogens (tertiary/aromatic N) is 4. The molecular weight excluding hydrogens is 438 g/mol. The Hall–Kier alpha value is -3.41. The maximum atomic E-state index is 12.8. The number of amides is 3. The summed E-state index contributed by atoms with van der Waals surface area (Å²) in [6.07, 6.45) is 0. The van der Waals surface area contributed by atoms with Crippen molar-refractivity contribution in [2.24, 2.45) is 0 Å². The van der Waals surface area contributed by atoms with Crippen molar-refractivity contribution in [3.05, 3.63) is 35.5 Å². The number of nitrogens with one attached hydrogen (secondary N) is 1. The minimum Gasteiger partial charge on any atom is -0.497 e. The third-order valence-electron chi connectivity index (χ3n) is 5.54. The van der Waals surface area contributed by atoms with Crippen LogP contribution in [0.2, 0.25) is 0 Å². The first-order valence-corrected chi connectivity index (χ1v) is 11.8. The predicted octanol–water partition coefficient (Wildman–Crippen LogP) is -0.0615. The number of hydrogen-bond donors (Lipinski definition) is 1. The fourth-order valence-corrected chi connectivity index (χ4v) is 5.30. The fourth-order valence-electron chi connectivity index (χ4n) is 3.81. The third kappa shape index (κ3) is 4.17. The molecule has 2 aliphatic rings. The molecular formula is C20H23N5O6S. The van der Waals surface area contributed by atoms with Gasteiger partial charge in [0.1, 0.15) is 11.6 Å². The van der Waals surface area contributed by atoms with E-state index in [0.29, 0.717) is 35.8 Å². The number of methoxy groups -OCH3 is 1. The number of carbonyl (C=O) groups is 3. The normalized spacial score (nSPS) is 17.1.